The molecule has 0 aliphatic heterocycles. The van der Waals surface area contributed by atoms with E-state index in [1.165, 1.54) is 7.05 Å². The second-order valence-corrected chi connectivity index (χ2v) is 7.38. The Morgan fingerprint density at radius 3 is 2.77 bits per heavy atom. The number of aromatic amines is 1. The van der Waals surface area contributed by atoms with E-state index in [0.717, 1.165) is 23.1 Å². The zero-order valence-corrected chi connectivity index (χ0v) is 16.6. The predicted octanol–water partition coefficient (Wildman–Crippen LogP) is 0.688. The SMILES string of the molecule is Cn1c(O)c(C=c2cnn3c(=NC4CC4)cc(Nc4ccc(C#N)cc4)nc23)[nH]c1=O. The summed E-state index contributed by atoms with van der Waals surface area (Å²) in [5.74, 6) is 0.400. The third-order valence-corrected chi connectivity index (χ3v) is 5.03. The molecule has 1 fully saturated rings. The fourth-order valence-electron chi connectivity index (χ4n) is 3.18. The number of hydrogen-bond acceptors (Lipinski definition) is 7. The summed E-state index contributed by atoms with van der Waals surface area (Å²) in [6, 6.07) is 11.3. The Labute approximate surface area is 175 Å². The maximum atomic E-state index is 11.8. The number of benzene rings is 1. The quantitative estimate of drug-likeness (QED) is 0.449. The first-order chi connectivity index (χ1) is 15.0. The molecule has 4 aromatic rings. The van der Waals surface area contributed by atoms with Gasteiger partial charge in [-0.2, -0.15) is 14.9 Å². The molecule has 3 aromatic heterocycles. The van der Waals surface area contributed by atoms with Gasteiger partial charge in [-0.1, -0.05) is 0 Å². The van der Waals surface area contributed by atoms with Crippen molar-refractivity contribution in [3.05, 3.63) is 69.0 Å². The molecule has 3 heterocycles. The van der Waals surface area contributed by atoms with Gasteiger partial charge in [-0.05, 0) is 43.2 Å². The summed E-state index contributed by atoms with van der Waals surface area (Å²) in [5, 5.41) is 27.4. The van der Waals surface area contributed by atoms with Gasteiger partial charge in [0.25, 0.3) is 0 Å². The van der Waals surface area contributed by atoms with E-state index < -0.39 is 5.69 Å². The average Bonchev–Trinajstić information content (AvgIpc) is 3.45. The van der Waals surface area contributed by atoms with Crippen molar-refractivity contribution in [1.29, 1.82) is 5.26 Å². The molecule has 31 heavy (non-hydrogen) atoms. The molecular weight excluding hydrogens is 396 g/mol. The maximum Gasteiger partial charge on any atom is 0.328 e. The highest BCUT2D eigenvalue weighted by molar-refractivity contribution is 5.61. The molecule has 3 N–H and O–H groups in total. The van der Waals surface area contributed by atoms with E-state index in [1.54, 1.807) is 41.1 Å². The monoisotopic (exact) mass is 414 g/mol. The standard InChI is InChI=1S/C21H18N8O2/c1-28-20(30)16(26-21(28)31)8-13-11-23-29-18(25-15-6-7-15)9-17(27-19(13)29)24-14-4-2-12(10-22)3-5-14/h2-5,8-9,11,15,24,30H,6-7H2,1H3,(H,26,31). The summed E-state index contributed by atoms with van der Waals surface area (Å²) < 4.78 is 2.77. The third kappa shape index (κ3) is 3.53. The van der Waals surface area contributed by atoms with Crippen LogP contribution in [0.15, 0.2) is 46.3 Å². The Morgan fingerprint density at radius 2 is 2.13 bits per heavy atom. The Morgan fingerprint density at radius 1 is 1.35 bits per heavy atom. The van der Waals surface area contributed by atoms with Crippen molar-refractivity contribution in [2.24, 2.45) is 12.0 Å². The molecule has 10 nitrogen and oxygen atoms in total. The number of imidazole rings is 1. The zero-order valence-electron chi connectivity index (χ0n) is 16.6. The van der Waals surface area contributed by atoms with E-state index in [-0.39, 0.29) is 17.6 Å². The number of aromatic nitrogens is 5. The summed E-state index contributed by atoms with van der Waals surface area (Å²) in [7, 11) is 1.48. The van der Waals surface area contributed by atoms with Crippen LogP contribution < -0.4 is 21.7 Å². The van der Waals surface area contributed by atoms with E-state index in [9.17, 15) is 9.90 Å². The van der Waals surface area contributed by atoms with Gasteiger partial charge in [0.2, 0.25) is 5.88 Å². The lowest BCUT2D eigenvalue weighted by Gasteiger charge is -2.06. The first-order valence-corrected chi connectivity index (χ1v) is 9.71. The van der Waals surface area contributed by atoms with E-state index in [1.807, 2.05) is 6.07 Å². The van der Waals surface area contributed by atoms with Crippen molar-refractivity contribution < 1.29 is 5.11 Å². The van der Waals surface area contributed by atoms with Crippen molar-refractivity contribution in [2.75, 3.05) is 5.32 Å². The highest BCUT2D eigenvalue weighted by Crippen LogP contribution is 2.22. The van der Waals surface area contributed by atoms with Crippen LogP contribution in [0.2, 0.25) is 0 Å². The number of hydrogen-bond donors (Lipinski definition) is 3. The van der Waals surface area contributed by atoms with E-state index >= 15 is 0 Å². The summed E-state index contributed by atoms with van der Waals surface area (Å²) in [4.78, 5) is 23.8. The Hall–Kier alpha value is -4.39. The van der Waals surface area contributed by atoms with Crippen molar-refractivity contribution in [2.45, 2.75) is 18.9 Å². The number of nitriles is 1. The molecule has 10 heteroatoms. The molecule has 0 spiro atoms. The van der Waals surface area contributed by atoms with Crippen LogP contribution in [-0.4, -0.2) is 35.3 Å². The lowest BCUT2D eigenvalue weighted by Crippen LogP contribution is -2.19. The Balaban J connectivity index is 1.66. The number of fused-ring (bicyclic) bond motifs is 1. The van der Waals surface area contributed by atoms with Gasteiger partial charge in [0.05, 0.1) is 23.9 Å². The Bertz CT molecular complexity index is 1520. The second-order valence-electron chi connectivity index (χ2n) is 7.38. The smallest absolute Gasteiger partial charge is 0.328 e. The van der Waals surface area contributed by atoms with Crippen molar-refractivity contribution in [1.82, 2.24) is 24.1 Å². The van der Waals surface area contributed by atoms with Crippen LogP contribution >= 0.6 is 0 Å². The van der Waals surface area contributed by atoms with Gasteiger partial charge in [-0.25, -0.2) is 9.78 Å². The molecule has 1 saturated carbocycles. The van der Waals surface area contributed by atoms with Crippen molar-refractivity contribution in [3.63, 3.8) is 0 Å². The van der Waals surface area contributed by atoms with Gasteiger partial charge >= 0.3 is 5.69 Å². The summed E-state index contributed by atoms with van der Waals surface area (Å²) in [6.07, 6.45) is 5.33. The lowest BCUT2D eigenvalue weighted by atomic mass is 10.2. The molecule has 0 amide bonds. The van der Waals surface area contributed by atoms with Gasteiger partial charge in [0.15, 0.2) is 11.1 Å². The molecule has 5 rings (SSSR count). The summed E-state index contributed by atoms with van der Waals surface area (Å²) >= 11 is 0. The normalized spacial score (nSPS) is 14.8. The largest absolute Gasteiger partial charge is 0.493 e. The van der Waals surface area contributed by atoms with Crippen molar-refractivity contribution in [3.8, 4) is 11.9 Å². The number of anilines is 2. The lowest BCUT2D eigenvalue weighted by molar-refractivity contribution is 0.428. The third-order valence-electron chi connectivity index (χ3n) is 5.03. The van der Waals surface area contributed by atoms with Crippen LogP contribution in [0.25, 0.3) is 11.7 Å². The highest BCUT2D eigenvalue weighted by atomic mass is 16.3. The fraction of sp³-hybridized carbons (Fsp3) is 0.190. The van der Waals surface area contributed by atoms with Crippen LogP contribution in [0.3, 0.4) is 0 Å². The van der Waals surface area contributed by atoms with E-state index in [4.69, 9.17) is 10.3 Å². The molecule has 0 saturated heterocycles. The molecular formula is C21H18N8O2. The number of nitrogens with one attached hydrogen (secondary N) is 2. The predicted molar refractivity (Wildman–Crippen MR) is 112 cm³/mol. The first kappa shape index (κ1) is 18.6. The maximum absolute atomic E-state index is 11.8. The summed E-state index contributed by atoms with van der Waals surface area (Å²) in [6.45, 7) is 0. The minimum absolute atomic E-state index is 0.167. The topological polar surface area (TPSA) is 136 Å². The summed E-state index contributed by atoms with van der Waals surface area (Å²) in [5.41, 5.74) is 2.40. The van der Waals surface area contributed by atoms with Crippen LogP contribution in [0.4, 0.5) is 11.5 Å². The molecule has 1 aliphatic carbocycles. The number of nitrogens with zero attached hydrogens (tertiary/aromatic N) is 6. The van der Waals surface area contributed by atoms with Crippen molar-refractivity contribution >= 4 is 23.2 Å². The van der Waals surface area contributed by atoms with Gasteiger partial charge < -0.3 is 15.4 Å². The van der Waals surface area contributed by atoms with Crippen LogP contribution in [0.5, 0.6) is 5.88 Å². The van der Waals surface area contributed by atoms with Gasteiger partial charge in [-0.3, -0.25) is 9.56 Å². The molecule has 0 unspecified atom stereocenters. The molecule has 0 bridgehead atoms. The first-order valence-electron chi connectivity index (χ1n) is 9.71. The zero-order chi connectivity index (χ0) is 21.5. The minimum Gasteiger partial charge on any atom is -0.493 e. The van der Waals surface area contributed by atoms with Crippen LogP contribution in [0.1, 0.15) is 24.1 Å². The van der Waals surface area contributed by atoms with E-state index in [0.29, 0.717) is 27.7 Å². The molecule has 1 aromatic carbocycles. The number of aromatic hydroxyl groups is 1. The number of rotatable bonds is 4. The average molecular weight is 414 g/mol. The molecule has 154 valence electrons. The van der Waals surface area contributed by atoms with Crippen LogP contribution in [-0.2, 0) is 7.05 Å². The minimum atomic E-state index is -0.416. The highest BCUT2D eigenvalue weighted by Gasteiger charge is 2.20. The Kier molecular flexibility index (Phi) is 4.29. The van der Waals surface area contributed by atoms with Crippen LogP contribution in [0, 0.1) is 11.3 Å². The fourth-order valence-corrected chi connectivity index (χ4v) is 3.18. The van der Waals surface area contributed by atoms with E-state index in [2.05, 4.69) is 26.5 Å². The second kappa shape index (κ2) is 7.14. The van der Waals surface area contributed by atoms with Gasteiger partial charge in [-0.15, -0.1) is 0 Å². The van der Waals surface area contributed by atoms with Gasteiger partial charge in [0.1, 0.15) is 11.5 Å². The molecule has 1 aliphatic rings. The molecule has 0 radical (unpaired) electrons. The molecule has 0 atom stereocenters. The van der Waals surface area contributed by atoms with Gasteiger partial charge in [0, 0.05) is 24.0 Å². The number of H-pyrrole nitrogens is 1.